The second-order valence-electron chi connectivity index (χ2n) is 10.5. The van der Waals surface area contributed by atoms with Crippen LogP contribution in [0, 0.1) is 46.3 Å². The highest BCUT2D eigenvalue weighted by molar-refractivity contribution is 5.95. The summed E-state index contributed by atoms with van der Waals surface area (Å²) in [5.41, 5.74) is -3.51. The lowest BCUT2D eigenvalue weighted by Gasteiger charge is -2.58. The Morgan fingerprint density at radius 1 is 0.800 bits per heavy atom. The monoisotopic (exact) mass is 416 g/mol. The molecule has 2 aliphatic heterocycles. The molecule has 0 amide bonds. The van der Waals surface area contributed by atoms with Gasteiger partial charge in [-0.1, -0.05) is 0 Å². The quantitative estimate of drug-likeness (QED) is 0.485. The first-order chi connectivity index (χ1) is 14.3. The molecule has 2 saturated heterocycles. The molecule has 2 heterocycles. The summed E-state index contributed by atoms with van der Waals surface area (Å²) in [5.74, 6) is -1.76. The van der Waals surface area contributed by atoms with Crippen LogP contribution < -0.4 is 0 Å². The van der Waals surface area contributed by atoms with E-state index in [1.807, 2.05) is 0 Å². The van der Waals surface area contributed by atoms with Gasteiger partial charge in [0.2, 0.25) is 0 Å². The molecule has 10 atom stereocenters. The van der Waals surface area contributed by atoms with Gasteiger partial charge in [-0.25, -0.2) is 0 Å². The van der Waals surface area contributed by atoms with E-state index in [1.54, 1.807) is 0 Å². The maximum absolute atomic E-state index is 13.6. The molecule has 0 radical (unpaired) electrons. The first-order valence-corrected chi connectivity index (χ1v) is 10.9. The molecule has 8 aliphatic rings. The molecule has 0 N–H and O–H groups in total. The predicted octanol–water partition coefficient (Wildman–Crippen LogP) is 1.00. The van der Waals surface area contributed by atoms with Crippen molar-refractivity contribution in [3.05, 3.63) is 0 Å². The van der Waals surface area contributed by atoms with Crippen LogP contribution in [0.15, 0.2) is 0 Å². The molecule has 8 rings (SSSR count). The Morgan fingerprint density at radius 3 is 1.50 bits per heavy atom. The third kappa shape index (κ3) is 1.30. The van der Waals surface area contributed by atoms with Crippen LogP contribution in [-0.2, 0) is 38.1 Å². The Hall–Kier alpha value is -2.12. The minimum Gasteiger partial charge on any atom is -0.469 e. The molecule has 8 bridgehead atoms. The lowest BCUT2D eigenvalue weighted by Crippen LogP contribution is -2.69. The third-order valence-corrected chi connectivity index (χ3v) is 10.4. The predicted molar refractivity (Wildman–Crippen MR) is 95.2 cm³/mol. The largest absolute Gasteiger partial charge is 0.469 e. The Morgan fingerprint density at radius 2 is 1.20 bits per heavy atom. The molecular formula is C22H24O8. The number of rotatable bonds is 2. The van der Waals surface area contributed by atoms with Crippen molar-refractivity contribution in [3.8, 4) is 0 Å². The molecule has 6 aliphatic carbocycles. The zero-order chi connectivity index (χ0) is 20.8. The lowest BCUT2D eigenvalue weighted by molar-refractivity contribution is -0.231. The number of esters is 4. The van der Waals surface area contributed by atoms with Crippen molar-refractivity contribution in [2.75, 3.05) is 14.2 Å². The van der Waals surface area contributed by atoms with E-state index in [1.165, 1.54) is 14.2 Å². The average Bonchev–Trinajstić information content (AvgIpc) is 3.55. The Kier molecular flexibility index (Phi) is 2.75. The van der Waals surface area contributed by atoms with Gasteiger partial charge in [0.1, 0.15) is 11.2 Å². The first kappa shape index (κ1) is 17.5. The fourth-order valence-electron chi connectivity index (χ4n) is 10.6. The summed E-state index contributed by atoms with van der Waals surface area (Å²) in [6.45, 7) is 0. The molecule has 0 aromatic rings. The molecule has 0 unspecified atom stereocenters. The molecule has 8 nitrogen and oxygen atoms in total. The van der Waals surface area contributed by atoms with Crippen molar-refractivity contribution in [2.24, 2.45) is 46.3 Å². The SMILES string of the molecule is COC(=O)[C@@]12[C@@H]3C[C@@]4(CCC(=O)O4)[C@@H]4[C@H]3[C@@H]3[C@@H]1[C@]1(CCC(=O)O1)C[C@@H]3[C@]42C(=O)OC. The number of methoxy groups -OCH3 is 2. The highest BCUT2D eigenvalue weighted by atomic mass is 16.6. The summed E-state index contributed by atoms with van der Waals surface area (Å²) in [7, 11) is 2.73. The fraction of sp³-hybridized carbons (Fsp3) is 0.818. The van der Waals surface area contributed by atoms with E-state index in [0.717, 1.165) is 0 Å². The van der Waals surface area contributed by atoms with Crippen molar-refractivity contribution >= 4 is 23.9 Å². The maximum Gasteiger partial charge on any atom is 0.313 e. The fourth-order valence-corrected chi connectivity index (χ4v) is 10.6. The second kappa shape index (κ2) is 4.70. The van der Waals surface area contributed by atoms with E-state index in [-0.39, 0.29) is 59.4 Å². The Balaban J connectivity index is 1.48. The molecule has 0 aromatic carbocycles. The van der Waals surface area contributed by atoms with Gasteiger partial charge in [0.15, 0.2) is 0 Å². The van der Waals surface area contributed by atoms with Gasteiger partial charge in [0, 0.05) is 24.7 Å². The van der Waals surface area contributed by atoms with Gasteiger partial charge in [-0.3, -0.25) is 19.2 Å². The van der Waals surface area contributed by atoms with Crippen molar-refractivity contribution in [2.45, 2.75) is 49.7 Å². The van der Waals surface area contributed by atoms with Gasteiger partial charge in [-0.05, 0) is 49.4 Å². The topological polar surface area (TPSA) is 105 Å². The van der Waals surface area contributed by atoms with Gasteiger partial charge in [-0.2, -0.15) is 0 Å². The van der Waals surface area contributed by atoms with Gasteiger partial charge >= 0.3 is 23.9 Å². The van der Waals surface area contributed by atoms with Crippen molar-refractivity contribution < 1.29 is 38.1 Å². The molecule has 0 aromatic heterocycles. The lowest BCUT2D eigenvalue weighted by atomic mass is 9.44. The zero-order valence-electron chi connectivity index (χ0n) is 17.0. The average molecular weight is 416 g/mol. The Bertz CT molecular complexity index is 883. The molecule has 30 heavy (non-hydrogen) atoms. The van der Waals surface area contributed by atoms with E-state index in [4.69, 9.17) is 18.9 Å². The van der Waals surface area contributed by atoms with E-state index >= 15 is 0 Å². The molecule has 6 saturated carbocycles. The van der Waals surface area contributed by atoms with Crippen LogP contribution >= 0.6 is 0 Å². The van der Waals surface area contributed by atoms with Gasteiger partial charge in [-0.15, -0.1) is 0 Å². The minimum atomic E-state index is -1.07. The van der Waals surface area contributed by atoms with Crippen molar-refractivity contribution in [3.63, 3.8) is 0 Å². The van der Waals surface area contributed by atoms with Crippen LogP contribution in [0.4, 0.5) is 0 Å². The number of carbonyl (C=O) groups excluding carboxylic acids is 4. The first-order valence-electron chi connectivity index (χ1n) is 10.9. The summed E-state index contributed by atoms with van der Waals surface area (Å²) in [4.78, 5) is 51.6. The van der Waals surface area contributed by atoms with Crippen LogP contribution in [-0.4, -0.2) is 49.3 Å². The normalized spacial score (nSPS) is 57.7. The smallest absolute Gasteiger partial charge is 0.313 e. The number of ether oxygens (including phenoxy) is 4. The van der Waals surface area contributed by atoms with E-state index < -0.39 is 22.0 Å². The highest BCUT2D eigenvalue weighted by Gasteiger charge is 3.02. The number of hydrogen-bond donors (Lipinski definition) is 0. The van der Waals surface area contributed by atoms with Gasteiger partial charge < -0.3 is 18.9 Å². The minimum absolute atomic E-state index is 0.0859. The summed E-state index contributed by atoms with van der Waals surface area (Å²) < 4.78 is 22.6. The van der Waals surface area contributed by atoms with Gasteiger partial charge in [0.05, 0.1) is 25.0 Å². The highest BCUT2D eigenvalue weighted by Crippen LogP contribution is 2.96. The van der Waals surface area contributed by atoms with Crippen LogP contribution in [0.5, 0.6) is 0 Å². The van der Waals surface area contributed by atoms with E-state index in [0.29, 0.717) is 38.5 Å². The second-order valence-corrected chi connectivity index (χ2v) is 10.5. The third-order valence-electron chi connectivity index (χ3n) is 10.4. The van der Waals surface area contributed by atoms with Crippen molar-refractivity contribution in [1.82, 2.24) is 0 Å². The molecular weight excluding hydrogens is 392 g/mol. The van der Waals surface area contributed by atoms with Crippen molar-refractivity contribution in [1.29, 1.82) is 0 Å². The summed E-state index contributed by atoms with van der Waals surface area (Å²) in [6.07, 6.45) is 3.02. The van der Waals surface area contributed by atoms with E-state index in [9.17, 15) is 19.2 Å². The summed E-state index contributed by atoms with van der Waals surface area (Å²) in [5, 5.41) is 0. The molecule has 160 valence electrons. The van der Waals surface area contributed by atoms with Crippen LogP contribution in [0.25, 0.3) is 0 Å². The molecule has 8 fully saturated rings. The standard InChI is InChI=1S/C22H24O8/c1-27-17(25)21-9-7-20(6-4-12(24)30-20)16-13(9)14-10(22(16,21)18(26)28-2)8-19(15(14)21)5-3-11(23)29-19/h9-10,13-16H,3-8H2,1-2H3/t9-,10+,13-,14-,15-,16+,19+,20+,21-,22-/m1/s1. The number of carbonyl (C=O) groups is 4. The van der Waals surface area contributed by atoms with Crippen LogP contribution in [0.2, 0.25) is 0 Å². The molecule has 8 heteroatoms. The maximum atomic E-state index is 13.6. The van der Waals surface area contributed by atoms with E-state index in [2.05, 4.69) is 0 Å². The van der Waals surface area contributed by atoms with Crippen LogP contribution in [0.1, 0.15) is 38.5 Å². The van der Waals surface area contributed by atoms with Gasteiger partial charge in [0.25, 0.3) is 0 Å². The zero-order valence-corrected chi connectivity index (χ0v) is 17.0. The Labute approximate surface area is 172 Å². The number of hydrogen-bond acceptors (Lipinski definition) is 8. The summed E-state index contributed by atoms with van der Waals surface area (Å²) >= 11 is 0. The van der Waals surface area contributed by atoms with Crippen LogP contribution in [0.3, 0.4) is 0 Å². The molecule has 2 spiro atoms. The summed E-state index contributed by atoms with van der Waals surface area (Å²) in [6, 6.07) is 0.